The number of aryl methyl sites for hydroxylation is 1. The zero-order chi connectivity index (χ0) is 15.4. The minimum Gasteiger partial charge on any atom is -0.351 e. The van der Waals surface area contributed by atoms with Crippen molar-refractivity contribution >= 4 is 5.91 Å². The molecule has 0 aliphatic carbocycles. The third-order valence-electron chi connectivity index (χ3n) is 4.38. The van der Waals surface area contributed by atoms with E-state index in [0.717, 1.165) is 31.5 Å². The lowest BCUT2D eigenvalue weighted by atomic mass is 10.0. The largest absolute Gasteiger partial charge is 0.351 e. The van der Waals surface area contributed by atoms with Gasteiger partial charge < -0.3 is 9.47 Å². The second kappa shape index (κ2) is 6.77. The molecular weight excluding hydrogens is 279 g/mol. The highest BCUT2D eigenvalue weighted by molar-refractivity contribution is 5.76. The first kappa shape index (κ1) is 14.8. The van der Waals surface area contributed by atoms with E-state index >= 15 is 0 Å². The molecular formula is C18H21FN2O. The number of piperidine rings is 1. The number of carbonyl (C=O) groups is 1. The van der Waals surface area contributed by atoms with Crippen LogP contribution in [-0.4, -0.2) is 28.5 Å². The van der Waals surface area contributed by atoms with Gasteiger partial charge in [0.2, 0.25) is 5.91 Å². The van der Waals surface area contributed by atoms with Gasteiger partial charge in [0, 0.05) is 37.9 Å². The van der Waals surface area contributed by atoms with Crippen molar-refractivity contribution in [3.05, 3.63) is 60.2 Å². The number of carbonyl (C=O) groups excluding carboxylic acids is 1. The summed E-state index contributed by atoms with van der Waals surface area (Å²) in [6, 6.07) is 11.1. The Morgan fingerprint density at radius 3 is 2.55 bits per heavy atom. The molecule has 0 atom stereocenters. The van der Waals surface area contributed by atoms with Crippen LogP contribution in [0.4, 0.5) is 4.39 Å². The van der Waals surface area contributed by atoms with Gasteiger partial charge in [0.05, 0.1) is 0 Å². The highest BCUT2D eigenvalue weighted by atomic mass is 19.1. The van der Waals surface area contributed by atoms with E-state index in [9.17, 15) is 9.18 Å². The molecule has 116 valence electrons. The summed E-state index contributed by atoms with van der Waals surface area (Å²) in [5.74, 6) is -0.0623. The topological polar surface area (TPSA) is 25.2 Å². The molecule has 1 aliphatic heterocycles. The van der Waals surface area contributed by atoms with Crippen LogP contribution in [0.5, 0.6) is 0 Å². The maximum absolute atomic E-state index is 13.1. The van der Waals surface area contributed by atoms with E-state index in [1.54, 1.807) is 6.07 Å². The van der Waals surface area contributed by atoms with Gasteiger partial charge in [0.15, 0.2) is 0 Å². The van der Waals surface area contributed by atoms with Crippen molar-refractivity contribution in [1.29, 1.82) is 0 Å². The predicted octanol–water partition coefficient (Wildman–Crippen LogP) is 3.42. The first-order valence-corrected chi connectivity index (χ1v) is 7.87. The Morgan fingerprint density at radius 2 is 1.86 bits per heavy atom. The highest BCUT2D eigenvalue weighted by Gasteiger charge is 2.22. The normalized spacial score (nSPS) is 16.0. The quantitative estimate of drug-likeness (QED) is 0.849. The summed E-state index contributed by atoms with van der Waals surface area (Å²) in [6.45, 7) is 1.62. The third-order valence-corrected chi connectivity index (χ3v) is 4.38. The lowest BCUT2D eigenvalue weighted by Crippen LogP contribution is -2.39. The molecule has 3 nitrogen and oxygen atoms in total. The van der Waals surface area contributed by atoms with Gasteiger partial charge in [-0.05, 0) is 49.1 Å². The van der Waals surface area contributed by atoms with Crippen LogP contribution >= 0.6 is 0 Å². The molecule has 1 amide bonds. The molecule has 2 heterocycles. The Kier molecular flexibility index (Phi) is 4.56. The van der Waals surface area contributed by atoms with Crippen LogP contribution in [-0.2, 0) is 11.2 Å². The molecule has 1 aliphatic rings. The second-order valence-electron chi connectivity index (χ2n) is 5.87. The molecule has 0 saturated carbocycles. The van der Waals surface area contributed by atoms with Crippen LogP contribution in [0.25, 0.3) is 0 Å². The van der Waals surface area contributed by atoms with E-state index in [1.807, 2.05) is 23.1 Å². The summed E-state index contributed by atoms with van der Waals surface area (Å²) in [5, 5.41) is 0. The van der Waals surface area contributed by atoms with Crippen molar-refractivity contribution in [2.24, 2.45) is 0 Å². The van der Waals surface area contributed by atoms with Gasteiger partial charge in [-0.2, -0.15) is 0 Å². The van der Waals surface area contributed by atoms with Crippen LogP contribution in [0.15, 0.2) is 48.8 Å². The molecule has 1 fully saturated rings. The van der Waals surface area contributed by atoms with Gasteiger partial charge in [0.25, 0.3) is 0 Å². The molecule has 3 rings (SSSR count). The number of benzene rings is 1. The molecule has 0 bridgehead atoms. The Balaban J connectivity index is 1.48. The number of aromatic nitrogens is 1. The summed E-state index contributed by atoms with van der Waals surface area (Å²) in [6.07, 6.45) is 7.24. The van der Waals surface area contributed by atoms with Crippen LogP contribution < -0.4 is 0 Å². The van der Waals surface area contributed by atoms with Gasteiger partial charge in [0.1, 0.15) is 5.82 Å². The van der Waals surface area contributed by atoms with Crippen LogP contribution in [0, 0.1) is 5.82 Å². The number of rotatable bonds is 4. The summed E-state index contributed by atoms with van der Waals surface area (Å²) in [7, 11) is 0. The smallest absolute Gasteiger partial charge is 0.222 e. The van der Waals surface area contributed by atoms with E-state index in [1.165, 1.54) is 12.1 Å². The first-order chi connectivity index (χ1) is 10.7. The third kappa shape index (κ3) is 3.56. The van der Waals surface area contributed by atoms with Crippen molar-refractivity contribution in [1.82, 2.24) is 9.47 Å². The SMILES string of the molecule is O=C(CCc1cccc(F)c1)N1CCC(n2cccc2)CC1. The molecule has 4 heteroatoms. The lowest BCUT2D eigenvalue weighted by Gasteiger charge is -2.33. The summed E-state index contributed by atoms with van der Waals surface area (Å²) >= 11 is 0. The Hall–Kier alpha value is -2.10. The molecule has 2 aromatic rings. The predicted molar refractivity (Wildman–Crippen MR) is 84.0 cm³/mol. The number of nitrogens with zero attached hydrogens (tertiary/aromatic N) is 2. The molecule has 1 saturated heterocycles. The summed E-state index contributed by atoms with van der Waals surface area (Å²) in [4.78, 5) is 14.2. The zero-order valence-corrected chi connectivity index (χ0v) is 12.6. The molecule has 22 heavy (non-hydrogen) atoms. The molecule has 1 aromatic carbocycles. The molecule has 0 unspecified atom stereocenters. The molecule has 0 N–H and O–H groups in total. The van der Waals surface area contributed by atoms with Gasteiger partial charge >= 0.3 is 0 Å². The standard InChI is InChI=1S/C18H21FN2O/c19-16-5-3-4-15(14-16)6-7-18(22)21-12-8-17(9-13-21)20-10-1-2-11-20/h1-5,10-11,14,17H,6-9,12-13H2. The number of hydrogen-bond acceptors (Lipinski definition) is 1. The fraction of sp³-hybridized carbons (Fsp3) is 0.389. The number of halogens is 1. The first-order valence-electron chi connectivity index (χ1n) is 7.87. The minimum absolute atomic E-state index is 0.176. The van der Waals surface area contributed by atoms with E-state index in [2.05, 4.69) is 17.0 Å². The van der Waals surface area contributed by atoms with E-state index < -0.39 is 0 Å². The Labute approximate surface area is 130 Å². The van der Waals surface area contributed by atoms with Crippen molar-refractivity contribution in [3.8, 4) is 0 Å². The van der Waals surface area contributed by atoms with E-state index in [0.29, 0.717) is 18.9 Å². The van der Waals surface area contributed by atoms with Gasteiger partial charge in [-0.15, -0.1) is 0 Å². The highest BCUT2D eigenvalue weighted by Crippen LogP contribution is 2.23. The van der Waals surface area contributed by atoms with Crippen molar-refractivity contribution < 1.29 is 9.18 Å². The summed E-state index contributed by atoms with van der Waals surface area (Å²) < 4.78 is 15.4. The molecule has 0 radical (unpaired) electrons. The number of likely N-dealkylation sites (tertiary alicyclic amines) is 1. The van der Waals surface area contributed by atoms with Gasteiger partial charge in [-0.3, -0.25) is 4.79 Å². The lowest BCUT2D eigenvalue weighted by molar-refractivity contribution is -0.132. The second-order valence-corrected chi connectivity index (χ2v) is 5.87. The van der Waals surface area contributed by atoms with E-state index in [-0.39, 0.29) is 11.7 Å². The maximum Gasteiger partial charge on any atom is 0.222 e. The van der Waals surface area contributed by atoms with Gasteiger partial charge in [-0.1, -0.05) is 12.1 Å². The molecule has 0 spiro atoms. The van der Waals surface area contributed by atoms with Gasteiger partial charge in [-0.25, -0.2) is 4.39 Å². The zero-order valence-electron chi connectivity index (χ0n) is 12.6. The number of hydrogen-bond donors (Lipinski definition) is 0. The van der Waals surface area contributed by atoms with Crippen molar-refractivity contribution in [3.63, 3.8) is 0 Å². The monoisotopic (exact) mass is 300 g/mol. The number of amides is 1. The maximum atomic E-state index is 13.1. The summed E-state index contributed by atoms with van der Waals surface area (Å²) in [5.41, 5.74) is 0.885. The minimum atomic E-state index is -0.238. The Morgan fingerprint density at radius 1 is 1.14 bits per heavy atom. The van der Waals surface area contributed by atoms with E-state index in [4.69, 9.17) is 0 Å². The van der Waals surface area contributed by atoms with Crippen LogP contribution in [0.3, 0.4) is 0 Å². The average Bonchev–Trinajstić information content (AvgIpc) is 3.07. The van der Waals surface area contributed by atoms with Crippen molar-refractivity contribution in [2.45, 2.75) is 31.7 Å². The van der Waals surface area contributed by atoms with Crippen LogP contribution in [0.1, 0.15) is 30.9 Å². The molecule has 1 aromatic heterocycles. The van der Waals surface area contributed by atoms with Crippen LogP contribution in [0.2, 0.25) is 0 Å². The Bertz CT molecular complexity index is 616. The fourth-order valence-corrected chi connectivity index (χ4v) is 3.11. The van der Waals surface area contributed by atoms with Crippen molar-refractivity contribution in [2.75, 3.05) is 13.1 Å². The average molecular weight is 300 g/mol. The fourth-order valence-electron chi connectivity index (χ4n) is 3.11.